The van der Waals surface area contributed by atoms with Crippen molar-refractivity contribution in [2.24, 2.45) is 23.7 Å². The number of halogens is 2. The van der Waals surface area contributed by atoms with Gasteiger partial charge in [0.2, 0.25) is 0 Å². The number of benzene rings is 1. The van der Waals surface area contributed by atoms with E-state index in [0.29, 0.717) is 0 Å². The number of hydrogen-bond donors (Lipinski definition) is 0. The highest BCUT2D eigenvalue weighted by Crippen LogP contribution is 2.42. The Morgan fingerprint density at radius 2 is 1.37 bits per heavy atom. The van der Waals surface area contributed by atoms with Crippen molar-refractivity contribution in [2.75, 3.05) is 7.11 Å². The molecule has 2 aliphatic rings. The number of rotatable bonds is 7. The SMILES string of the molecule is CCC1CCC(C2CCC(CCc3cc(F)c(COC)c(F)c3)CC2)CC1. The van der Waals surface area contributed by atoms with Crippen molar-refractivity contribution in [1.29, 1.82) is 0 Å². The van der Waals surface area contributed by atoms with Crippen molar-refractivity contribution in [3.05, 3.63) is 34.9 Å². The molecule has 1 aromatic rings. The van der Waals surface area contributed by atoms with Crippen LogP contribution in [0.4, 0.5) is 8.78 Å². The maximum Gasteiger partial charge on any atom is 0.131 e. The van der Waals surface area contributed by atoms with Crippen LogP contribution in [0.5, 0.6) is 0 Å². The monoisotopic (exact) mass is 378 g/mol. The summed E-state index contributed by atoms with van der Waals surface area (Å²) >= 11 is 0. The molecule has 2 aliphatic carbocycles. The molecule has 0 N–H and O–H groups in total. The van der Waals surface area contributed by atoms with Crippen molar-refractivity contribution in [3.63, 3.8) is 0 Å². The van der Waals surface area contributed by atoms with Crippen molar-refractivity contribution < 1.29 is 13.5 Å². The van der Waals surface area contributed by atoms with Gasteiger partial charge in [0.05, 0.1) is 6.61 Å². The van der Waals surface area contributed by atoms with E-state index in [1.54, 1.807) is 0 Å². The maximum atomic E-state index is 14.1. The number of aryl methyl sites for hydroxylation is 1. The van der Waals surface area contributed by atoms with Crippen LogP contribution in [0.3, 0.4) is 0 Å². The molecule has 27 heavy (non-hydrogen) atoms. The van der Waals surface area contributed by atoms with E-state index >= 15 is 0 Å². The second kappa shape index (κ2) is 10.0. The van der Waals surface area contributed by atoms with Gasteiger partial charge in [-0.3, -0.25) is 0 Å². The summed E-state index contributed by atoms with van der Waals surface area (Å²) in [7, 11) is 1.46. The highest BCUT2D eigenvalue weighted by atomic mass is 19.1. The fourth-order valence-corrected chi connectivity index (χ4v) is 5.47. The molecule has 3 heteroatoms. The zero-order chi connectivity index (χ0) is 19.2. The van der Waals surface area contributed by atoms with Crippen LogP contribution in [-0.2, 0) is 17.8 Å². The van der Waals surface area contributed by atoms with Gasteiger partial charge in [-0.1, -0.05) is 39.0 Å². The van der Waals surface area contributed by atoms with Crippen LogP contribution >= 0.6 is 0 Å². The standard InChI is InChI=1S/C24H36F2O/c1-3-17-6-10-20(11-7-17)21-12-8-18(9-13-21)4-5-19-14-23(25)22(16-27-2)24(26)15-19/h14-15,17-18,20-21H,3-13,16H2,1-2H3. The second-order valence-corrected chi connectivity index (χ2v) is 8.98. The third-order valence-electron chi connectivity index (χ3n) is 7.36. The summed E-state index contributed by atoms with van der Waals surface area (Å²) in [5, 5.41) is 0. The van der Waals surface area contributed by atoms with E-state index in [1.165, 1.54) is 77.0 Å². The molecule has 2 fully saturated rings. The van der Waals surface area contributed by atoms with Gasteiger partial charge >= 0.3 is 0 Å². The van der Waals surface area contributed by atoms with Gasteiger partial charge in [0.25, 0.3) is 0 Å². The molecule has 0 atom stereocenters. The van der Waals surface area contributed by atoms with Crippen molar-refractivity contribution in [2.45, 2.75) is 84.2 Å². The molecule has 0 bridgehead atoms. The molecule has 0 amide bonds. The lowest BCUT2D eigenvalue weighted by molar-refractivity contribution is 0.142. The van der Waals surface area contributed by atoms with Crippen LogP contribution in [0.15, 0.2) is 12.1 Å². The van der Waals surface area contributed by atoms with E-state index in [2.05, 4.69) is 6.92 Å². The van der Waals surface area contributed by atoms with E-state index in [-0.39, 0.29) is 12.2 Å². The molecule has 0 aliphatic heterocycles. The van der Waals surface area contributed by atoms with Crippen LogP contribution in [-0.4, -0.2) is 7.11 Å². The van der Waals surface area contributed by atoms with Gasteiger partial charge in [-0.05, 0) is 79.9 Å². The van der Waals surface area contributed by atoms with Crippen LogP contribution in [0.1, 0.15) is 82.3 Å². The quantitative estimate of drug-likeness (QED) is 0.493. The molecule has 0 heterocycles. The molecule has 2 saturated carbocycles. The van der Waals surface area contributed by atoms with Crippen LogP contribution in [0, 0.1) is 35.3 Å². The summed E-state index contributed by atoms with van der Waals surface area (Å²) in [5.41, 5.74) is 0.824. The Bertz CT molecular complexity index is 561. The van der Waals surface area contributed by atoms with Crippen LogP contribution in [0.2, 0.25) is 0 Å². The molecule has 1 aromatic carbocycles. The lowest BCUT2D eigenvalue weighted by atomic mass is 9.68. The lowest BCUT2D eigenvalue weighted by Crippen LogP contribution is -2.25. The van der Waals surface area contributed by atoms with Gasteiger partial charge in [-0.15, -0.1) is 0 Å². The smallest absolute Gasteiger partial charge is 0.131 e. The van der Waals surface area contributed by atoms with Gasteiger partial charge < -0.3 is 4.74 Å². The summed E-state index contributed by atoms with van der Waals surface area (Å²) < 4.78 is 33.0. The first kappa shape index (κ1) is 20.8. The molecular formula is C24H36F2O. The normalized spacial score (nSPS) is 29.0. The Morgan fingerprint density at radius 1 is 0.852 bits per heavy atom. The molecule has 0 radical (unpaired) electrons. The van der Waals surface area contributed by atoms with Crippen LogP contribution in [0.25, 0.3) is 0 Å². The topological polar surface area (TPSA) is 9.23 Å². The Hall–Kier alpha value is -0.960. The van der Waals surface area contributed by atoms with Gasteiger partial charge in [0.1, 0.15) is 11.6 Å². The first-order valence-electron chi connectivity index (χ1n) is 11.1. The van der Waals surface area contributed by atoms with E-state index in [4.69, 9.17) is 4.74 Å². The van der Waals surface area contributed by atoms with Crippen molar-refractivity contribution in [3.8, 4) is 0 Å². The molecule has 0 saturated heterocycles. The van der Waals surface area contributed by atoms with Crippen LogP contribution < -0.4 is 0 Å². The van der Waals surface area contributed by atoms with E-state index in [0.717, 1.165) is 42.1 Å². The highest BCUT2D eigenvalue weighted by Gasteiger charge is 2.30. The Kier molecular flexibility index (Phi) is 7.69. The molecule has 0 unspecified atom stereocenters. The largest absolute Gasteiger partial charge is 0.380 e. The molecule has 0 aromatic heterocycles. The number of hydrogen-bond acceptors (Lipinski definition) is 1. The minimum absolute atomic E-state index is 0.0118. The minimum Gasteiger partial charge on any atom is -0.380 e. The Labute approximate surface area is 163 Å². The van der Waals surface area contributed by atoms with E-state index in [9.17, 15) is 8.78 Å². The molecule has 3 rings (SSSR count). The van der Waals surface area contributed by atoms with Gasteiger partial charge in [0.15, 0.2) is 0 Å². The predicted molar refractivity (Wildman–Crippen MR) is 107 cm³/mol. The fraction of sp³-hybridized carbons (Fsp3) is 0.750. The third kappa shape index (κ3) is 5.53. The minimum atomic E-state index is -0.474. The van der Waals surface area contributed by atoms with E-state index < -0.39 is 11.6 Å². The average molecular weight is 379 g/mol. The zero-order valence-electron chi connectivity index (χ0n) is 17.1. The third-order valence-corrected chi connectivity index (χ3v) is 7.36. The Morgan fingerprint density at radius 3 is 1.85 bits per heavy atom. The van der Waals surface area contributed by atoms with Crippen molar-refractivity contribution in [1.82, 2.24) is 0 Å². The molecular weight excluding hydrogens is 342 g/mol. The highest BCUT2D eigenvalue weighted by molar-refractivity contribution is 5.26. The summed E-state index contributed by atoms with van der Waals surface area (Å²) in [6, 6.07) is 2.99. The van der Waals surface area contributed by atoms with Gasteiger partial charge in [-0.25, -0.2) is 8.78 Å². The molecule has 152 valence electrons. The first-order valence-corrected chi connectivity index (χ1v) is 11.1. The number of methoxy groups -OCH3 is 1. The lowest BCUT2D eigenvalue weighted by Gasteiger charge is -2.37. The average Bonchev–Trinajstić information content (AvgIpc) is 2.70. The fourth-order valence-electron chi connectivity index (χ4n) is 5.47. The summed E-state index contributed by atoms with van der Waals surface area (Å²) in [6.45, 7) is 2.32. The summed E-state index contributed by atoms with van der Waals surface area (Å²) in [4.78, 5) is 0. The first-order chi connectivity index (χ1) is 13.1. The number of ether oxygens (including phenoxy) is 1. The van der Waals surface area contributed by atoms with Crippen molar-refractivity contribution >= 4 is 0 Å². The molecule has 0 spiro atoms. The predicted octanol–water partition coefficient (Wildman–Crippen LogP) is 7.07. The van der Waals surface area contributed by atoms with E-state index in [1.807, 2.05) is 0 Å². The summed E-state index contributed by atoms with van der Waals surface area (Å²) in [6.07, 6.45) is 14.3. The zero-order valence-corrected chi connectivity index (χ0v) is 17.1. The molecule has 1 nitrogen and oxygen atoms in total. The maximum absolute atomic E-state index is 14.1. The second-order valence-electron chi connectivity index (χ2n) is 8.98. The van der Waals surface area contributed by atoms with Gasteiger partial charge in [0, 0.05) is 12.7 Å². The van der Waals surface area contributed by atoms with Gasteiger partial charge in [-0.2, -0.15) is 0 Å². The Balaban J connectivity index is 1.43. The summed E-state index contributed by atoms with van der Waals surface area (Å²) in [5.74, 6) is 2.65.